The van der Waals surface area contributed by atoms with Crippen molar-refractivity contribution in [2.45, 2.75) is 33.7 Å². The lowest BCUT2D eigenvalue weighted by Crippen LogP contribution is -2.30. The Balaban J connectivity index is 2.56. The third kappa shape index (κ3) is 5.70. The summed E-state index contributed by atoms with van der Waals surface area (Å²) in [6.07, 6.45) is 0. The number of ether oxygens (including phenoxy) is 1. The first-order valence-electron chi connectivity index (χ1n) is 6.07. The molecule has 1 rings (SSSR count). The van der Waals surface area contributed by atoms with Crippen molar-refractivity contribution in [3.05, 3.63) is 28.2 Å². The van der Waals surface area contributed by atoms with E-state index < -0.39 is 6.04 Å². The van der Waals surface area contributed by atoms with Crippen LogP contribution in [-0.2, 0) is 9.53 Å². The molecule has 0 aliphatic carbocycles. The van der Waals surface area contributed by atoms with Gasteiger partial charge in [0.15, 0.2) is 0 Å². The van der Waals surface area contributed by atoms with Gasteiger partial charge in [-0.15, -0.1) is 0 Å². The lowest BCUT2D eigenvalue weighted by Gasteiger charge is -2.20. The van der Waals surface area contributed by atoms with Gasteiger partial charge in [-0.2, -0.15) is 0 Å². The number of benzene rings is 1. The maximum atomic E-state index is 11.8. The minimum absolute atomic E-state index is 0.0427. The van der Waals surface area contributed by atoms with Crippen LogP contribution >= 0.6 is 23.2 Å². The zero-order chi connectivity index (χ0) is 14.6. The number of hydrogen-bond donors (Lipinski definition) is 1. The van der Waals surface area contributed by atoms with E-state index >= 15 is 0 Å². The highest BCUT2D eigenvalue weighted by Gasteiger charge is 2.18. The highest BCUT2D eigenvalue weighted by molar-refractivity contribution is 6.42. The van der Waals surface area contributed by atoms with Crippen LogP contribution < -0.4 is 5.32 Å². The van der Waals surface area contributed by atoms with Gasteiger partial charge in [-0.1, -0.05) is 44.0 Å². The average Bonchev–Trinajstić information content (AvgIpc) is 2.29. The number of carbonyl (C=O) groups is 1. The predicted octanol–water partition coefficient (Wildman–Crippen LogP) is 4.38. The van der Waals surface area contributed by atoms with Crippen molar-refractivity contribution in [2.24, 2.45) is 5.41 Å². The SMILES string of the molecule is CC(Nc1ccc(Cl)c(Cl)c1)C(=O)OCC(C)(C)C. The van der Waals surface area contributed by atoms with Gasteiger partial charge in [-0.25, -0.2) is 4.79 Å². The van der Waals surface area contributed by atoms with Gasteiger partial charge in [-0.3, -0.25) is 0 Å². The van der Waals surface area contributed by atoms with Crippen molar-refractivity contribution in [3.8, 4) is 0 Å². The Morgan fingerprint density at radius 1 is 1.32 bits per heavy atom. The van der Waals surface area contributed by atoms with E-state index in [1.807, 2.05) is 20.8 Å². The molecule has 0 spiro atoms. The maximum absolute atomic E-state index is 11.8. The van der Waals surface area contributed by atoms with Crippen LogP contribution in [0, 0.1) is 5.41 Å². The van der Waals surface area contributed by atoms with Gasteiger partial charge in [0, 0.05) is 5.69 Å². The third-order valence-electron chi connectivity index (χ3n) is 2.30. The molecule has 0 aliphatic heterocycles. The zero-order valence-corrected chi connectivity index (χ0v) is 13.1. The molecule has 1 aromatic carbocycles. The number of anilines is 1. The van der Waals surface area contributed by atoms with E-state index in [-0.39, 0.29) is 11.4 Å². The fourth-order valence-corrected chi connectivity index (χ4v) is 1.61. The lowest BCUT2D eigenvalue weighted by molar-refractivity contribution is -0.146. The quantitative estimate of drug-likeness (QED) is 0.839. The van der Waals surface area contributed by atoms with E-state index in [0.717, 1.165) is 5.69 Å². The van der Waals surface area contributed by atoms with Crippen molar-refractivity contribution in [2.75, 3.05) is 11.9 Å². The van der Waals surface area contributed by atoms with Crippen LogP contribution in [0.3, 0.4) is 0 Å². The van der Waals surface area contributed by atoms with Crippen LogP contribution in [0.25, 0.3) is 0 Å². The number of carbonyl (C=O) groups excluding carboxylic acids is 1. The topological polar surface area (TPSA) is 38.3 Å². The van der Waals surface area contributed by atoms with Gasteiger partial charge in [0.05, 0.1) is 16.7 Å². The van der Waals surface area contributed by atoms with Crippen LogP contribution in [0.1, 0.15) is 27.7 Å². The summed E-state index contributed by atoms with van der Waals surface area (Å²) in [5, 5.41) is 3.96. The first-order chi connectivity index (χ1) is 8.69. The van der Waals surface area contributed by atoms with Crippen molar-refractivity contribution >= 4 is 34.9 Å². The summed E-state index contributed by atoms with van der Waals surface area (Å²) >= 11 is 11.7. The molecule has 0 radical (unpaired) electrons. The molecule has 1 atom stereocenters. The number of halogens is 2. The van der Waals surface area contributed by atoms with E-state index in [0.29, 0.717) is 16.7 Å². The van der Waals surface area contributed by atoms with Gasteiger partial charge >= 0.3 is 5.97 Å². The molecule has 106 valence electrons. The van der Waals surface area contributed by atoms with Gasteiger partial charge in [0.1, 0.15) is 6.04 Å². The number of nitrogens with one attached hydrogen (secondary N) is 1. The molecular formula is C14H19Cl2NO2. The Kier molecular flexibility index (Phi) is 5.50. The van der Waals surface area contributed by atoms with E-state index in [1.165, 1.54) is 0 Å². The summed E-state index contributed by atoms with van der Waals surface area (Å²) in [5.41, 5.74) is 0.688. The summed E-state index contributed by atoms with van der Waals surface area (Å²) in [5.74, 6) is -0.291. The maximum Gasteiger partial charge on any atom is 0.328 e. The Morgan fingerprint density at radius 3 is 2.47 bits per heavy atom. The van der Waals surface area contributed by atoms with Gasteiger partial charge in [0.2, 0.25) is 0 Å². The number of rotatable bonds is 4. The first kappa shape index (κ1) is 16.1. The molecule has 0 saturated heterocycles. The minimum Gasteiger partial charge on any atom is -0.464 e. The van der Waals surface area contributed by atoms with Gasteiger partial charge in [0.25, 0.3) is 0 Å². The molecule has 1 unspecified atom stereocenters. The molecule has 0 fully saturated rings. The molecule has 19 heavy (non-hydrogen) atoms. The fraction of sp³-hybridized carbons (Fsp3) is 0.500. The highest BCUT2D eigenvalue weighted by atomic mass is 35.5. The summed E-state index contributed by atoms with van der Waals surface area (Å²) in [4.78, 5) is 11.8. The monoisotopic (exact) mass is 303 g/mol. The second-order valence-corrected chi connectivity index (χ2v) is 6.48. The second-order valence-electron chi connectivity index (χ2n) is 5.66. The molecule has 0 amide bonds. The average molecular weight is 304 g/mol. The van der Waals surface area contributed by atoms with Crippen molar-refractivity contribution in [1.29, 1.82) is 0 Å². The number of hydrogen-bond acceptors (Lipinski definition) is 3. The van der Waals surface area contributed by atoms with E-state index in [9.17, 15) is 4.79 Å². The van der Waals surface area contributed by atoms with Crippen LogP contribution in [0.15, 0.2) is 18.2 Å². The van der Waals surface area contributed by atoms with Crippen LogP contribution in [0.2, 0.25) is 10.0 Å². The van der Waals surface area contributed by atoms with Crippen molar-refractivity contribution in [3.63, 3.8) is 0 Å². The summed E-state index contributed by atoms with van der Waals surface area (Å²) in [7, 11) is 0. The second kappa shape index (κ2) is 6.49. The minimum atomic E-state index is -0.445. The summed E-state index contributed by atoms with van der Waals surface area (Å²) in [6, 6.07) is 4.68. The molecule has 0 heterocycles. The highest BCUT2D eigenvalue weighted by Crippen LogP contribution is 2.25. The smallest absolute Gasteiger partial charge is 0.328 e. The largest absolute Gasteiger partial charge is 0.464 e. The summed E-state index contributed by atoms with van der Waals surface area (Å²) in [6.45, 7) is 8.17. The van der Waals surface area contributed by atoms with Crippen molar-refractivity contribution in [1.82, 2.24) is 0 Å². The molecule has 5 heteroatoms. The summed E-state index contributed by atoms with van der Waals surface area (Å²) < 4.78 is 5.23. The van der Waals surface area contributed by atoms with Gasteiger partial charge in [-0.05, 0) is 30.5 Å². The Hall–Kier alpha value is -0.930. The molecule has 0 bridgehead atoms. The fourth-order valence-electron chi connectivity index (χ4n) is 1.31. The Morgan fingerprint density at radius 2 is 1.95 bits per heavy atom. The van der Waals surface area contributed by atoms with Gasteiger partial charge < -0.3 is 10.1 Å². The zero-order valence-electron chi connectivity index (χ0n) is 11.6. The first-order valence-corrected chi connectivity index (χ1v) is 6.83. The Labute approximate surface area is 124 Å². The Bertz CT molecular complexity index is 455. The predicted molar refractivity (Wildman–Crippen MR) is 80.0 cm³/mol. The van der Waals surface area contributed by atoms with Crippen LogP contribution in [-0.4, -0.2) is 18.6 Å². The molecular weight excluding hydrogens is 285 g/mol. The molecule has 1 aromatic rings. The van der Waals surface area contributed by atoms with Crippen LogP contribution in [0.4, 0.5) is 5.69 Å². The molecule has 1 N–H and O–H groups in total. The third-order valence-corrected chi connectivity index (χ3v) is 3.04. The standard InChI is InChI=1S/C14H19Cl2NO2/c1-9(13(18)19-8-14(2,3)4)17-10-5-6-11(15)12(16)7-10/h5-7,9,17H,8H2,1-4H3. The number of esters is 1. The lowest BCUT2D eigenvalue weighted by atomic mass is 9.99. The molecule has 0 saturated carbocycles. The van der Waals surface area contributed by atoms with E-state index in [4.69, 9.17) is 27.9 Å². The normalized spacial score (nSPS) is 12.9. The van der Waals surface area contributed by atoms with Crippen LogP contribution in [0.5, 0.6) is 0 Å². The molecule has 3 nitrogen and oxygen atoms in total. The van der Waals surface area contributed by atoms with Crippen molar-refractivity contribution < 1.29 is 9.53 Å². The van der Waals surface area contributed by atoms with E-state index in [2.05, 4.69) is 5.32 Å². The molecule has 0 aliphatic rings. The molecule has 0 aromatic heterocycles. The van der Waals surface area contributed by atoms with E-state index in [1.54, 1.807) is 25.1 Å².